The van der Waals surface area contributed by atoms with Gasteiger partial charge in [0, 0.05) is 63.9 Å². The first-order chi connectivity index (χ1) is 28.2. The van der Waals surface area contributed by atoms with Gasteiger partial charge in [0.25, 0.3) is 0 Å². The Morgan fingerprint density at radius 2 is 1.11 bits per heavy atom. The van der Waals surface area contributed by atoms with Gasteiger partial charge in [-0.1, -0.05) is 158 Å². The highest BCUT2D eigenvalue weighted by Gasteiger charge is 2.38. The molecule has 57 heavy (non-hydrogen) atoms. The molecule has 6 heteroatoms. The molecular formula is C51H34N4S2. The van der Waals surface area contributed by atoms with E-state index >= 15 is 0 Å². The van der Waals surface area contributed by atoms with E-state index in [1.165, 1.54) is 68.4 Å². The van der Waals surface area contributed by atoms with Gasteiger partial charge in [0.1, 0.15) is 12.0 Å². The first-order valence-corrected chi connectivity index (χ1v) is 21.1. The Bertz CT molecular complexity index is 3190. The lowest BCUT2D eigenvalue weighted by molar-refractivity contribution is 0.680. The first-order valence-electron chi connectivity index (χ1n) is 19.4. The van der Waals surface area contributed by atoms with E-state index in [1.807, 2.05) is 46.9 Å². The zero-order valence-electron chi connectivity index (χ0n) is 30.7. The second-order valence-electron chi connectivity index (χ2n) is 14.9. The molecular weight excluding hydrogens is 733 g/mol. The van der Waals surface area contributed by atoms with Gasteiger partial charge in [-0.15, -0.1) is 22.7 Å². The molecule has 4 heterocycles. The molecule has 0 amide bonds. The fraction of sp³-hybridized carbons (Fsp3) is 0.0588. The summed E-state index contributed by atoms with van der Waals surface area (Å²) < 4.78 is 5.16. The number of aliphatic imine (C=N–C) groups is 2. The second-order valence-corrected chi connectivity index (χ2v) is 17.0. The third-order valence-electron chi connectivity index (χ3n) is 11.7. The molecule has 3 aliphatic rings. The number of para-hydroxylation sites is 1. The molecule has 0 bridgehead atoms. The van der Waals surface area contributed by atoms with E-state index in [4.69, 9.17) is 9.98 Å². The number of anilines is 2. The van der Waals surface area contributed by atoms with Crippen molar-refractivity contribution in [3.05, 3.63) is 204 Å². The normalized spacial score (nSPS) is 18.5. The summed E-state index contributed by atoms with van der Waals surface area (Å²) in [5, 5.41) is 8.84. The summed E-state index contributed by atoms with van der Waals surface area (Å²) in [5.74, 6) is 1.93. The van der Waals surface area contributed by atoms with Crippen LogP contribution in [0.15, 0.2) is 192 Å². The molecule has 1 aliphatic carbocycles. The molecule has 0 radical (unpaired) electrons. The predicted molar refractivity (Wildman–Crippen MR) is 243 cm³/mol. The van der Waals surface area contributed by atoms with Crippen molar-refractivity contribution in [2.24, 2.45) is 9.98 Å². The van der Waals surface area contributed by atoms with Gasteiger partial charge in [-0.2, -0.15) is 0 Å². The fourth-order valence-electron chi connectivity index (χ4n) is 9.01. The fourth-order valence-corrected chi connectivity index (χ4v) is 11.5. The zero-order chi connectivity index (χ0) is 37.5. The highest BCUT2D eigenvalue weighted by atomic mass is 32.1. The molecule has 12 rings (SSSR count). The monoisotopic (exact) mass is 766 g/mol. The van der Waals surface area contributed by atoms with Crippen LogP contribution in [-0.4, -0.2) is 17.7 Å². The van der Waals surface area contributed by atoms with Crippen LogP contribution < -0.4 is 10.2 Å². The topological polar surface area (TPSA) is 40.0 Å². The van der Waals surface area contributed by atoms with Crippen molar-refractivity contribution >= 4 is 86.1 Å². The Labute approximate surface area is 338 Å². The minimum Gasteiger partial charge on any atom is -0.344 e. The van der Waals surface area contributed by atoms with Gasteiger partial charge in [0.15, 0.2) is 5.84 Å². The molecule has 3 atom stereocenters. The van der Waals surface area contributed by atoms with Crippen LogP contribution in [0.4, 0.5) is 11.4 Å². The van der Waals surface area contributed by atoms with Crippen LogP contribution in [0.3, 0.4) is 0 Å². The van der Waals surface area contributed by atoms with E-state index in [0.29, 0.717) is 5.92 Å². The van der Waals surface area contributed by atoms with Crippen LogP contribution in [-0.2, 0) is 0 Å². The number of nitrogens with zero attached hydrogens (tertiary/aromatic N) is 3. The summed E-state index contributed by atoms with van der Waals surface area (Å²) >= 11 is 3.76. The van der Waals surface area contributed by atoms with Crippen LogP contribution in [0.5, 0.6) is 0 Å². The summed E-state index contributed by atoms with van der Waals surface area (Å²) in [4.78, 5) is 12.8. The third-order valence-corrected chi connectivity index (χ3v) is 14.1. The van der Waals surface area contributed by atoms with Crippen molar-refractivity contribution in [3.63, 3.8) is 0 Å². The number of benzene rings is 7. The van der Waals surface area contributed by atoms with Crippen molar-refractivity contribution in [2.75, 3.05) is 4.90 Å². The molecule has 3 unspecified atom stereocenters. The molecule has 4 nitrogen and oxygen atoms in total. The van der Waals surface area contributed by atoms with Gasteiger partial charge in [-0.05, 0) is 41.0 Å². The molecule has 2 aromatic heterocycles. The maximum atomic E-state index is 5.21. The number of rotatable bonds is 5. The molecule has 270 valence electrons. The minimum atomic E-state index is -0.282. The molecule has 0 spiro atoms. The second kappa shape index (κ2) is 13.0. The van der Waals surface area contributed by atoms with Crippen molar-refractivity contribution in [1.82, 2.24) is 5.32 Å². The Balaban J connectivity index is 0.932. The zero-order valence-corrected chi connectivity index (χ0v) is 32.3. The number of nitrogens with one attached hydrogen (secondary N) is 1. The van der Waals surface area contributed by atoms with Gasteiger partial charge in [-0.3, -0.25) is 0 Å². The number of allylic oxidation sites excluding steroid dienone is 2. The van der Waals surface area contributed by atoms with E-state index < -0.39 is 0 Å². The summed E-state index contributed by atoms with van der Waals surface area (Å²) in [6.45, 7) is 0. The predicted octanol–water partition coefficient (Wildman–Crippen LogP) is 13.3. The molecule has 1 N–H and O–H groups in total. The van der Waals surface area contributed by atoms with Crippen molar-refractivity contribution in [1.29, 1.82) is 0 Å². The molecule has 9 aromatic rings. The average Bonchev–Trinajstić information content (AvgIpc) is 3.96. The summed E-state index contributed by atoms with van der Waals surface area (Å²) in [5.41, 5.74) is 9.65. The first kappa shape index (κ1) is 32.6. The van der Waals surface area contributed by atoms with Crippen molar-refractivity contribution in [3.8, 4) is 11.1 Å². The van der Waals surface area contributed by atoms with Crippen molar-refractivity contribution in [2.45, 2.75) is 18.1 Å². The van der Waals surface area contributed by atoms with Gasteiger partial charge < -0.3 is 10.2 Å². The quantitative estimate of drug-likeness (QED) is 0.189. The maximum absolute atomic E-state index is 5.21. The molecule has 2 aliphatic heterocycles. The Morgan fingerprint density at radius 1 is 0.491 bits per heavy atom. The van der Waals surface area contributed by atoms with E-state index in [1.54, 1.807) is 0 Å². The summed E-state index contributed by atoms with van der Waals surface area (Å²) in [6.07, 6.45) is 8.83. The van der Waals surface area contributed by atoms with Gasteiger partial charge >= 0.3 is 0 Å². The largest absolute Gasteiger partial charge is 0.344 e. The van der Waals surface area contributed by atoms with Gasteiger partial charge in [0.05, 0.1) is 16.4 Å². The van der Waals surface area contributed by atoms with E-state index in [9.17, 15) is 0 Å². The van der Waals surface area contributed by atoms with Crippen LogP contribution in [0.1, 0.15) is 34.3 Å². The molecule has 0 saturated carbocycles. The standard InChI is InChI=1S/C51H34N4S2/c1-3-13-31(14-4-1)49-52-50(32-15-5-2-6-16-32)54-51(53-49)41-21-11-19-39-37-27-25-33(29-45(37)56-47(39)41)34-26-28-38-40-20-12-24-44(48(40)57-46(38)30-34)55-42-22-9-7-17-35(42)36-18-8-10-23-43(36)55/h1-30,35,42,51H,(H,52,53,54). The van der Waals surface area contributed by atoms with Crippen LogP contribution in [0, 0.1) is 0 Å². The minimum absolute atomic E-state index is 0.276. The molecule has 0 saturated heterocycles. The highest BCUT2D eigenvalue weighted by Crippen LogP contribution is 2.51. The van der Waals surface area contributed by atoms with Crippen LogP contribution >= 0.6 is 22.7 Å². The highest BCUT2D eigenvalue weighted by molar-refractivity contribution is 7.26. The number of amidine groups is 2. The van der Waals surface area contributed by atoms with Crippen LogP contribution in [0.25, 0.3) is 51.5 Å². The van der Waals surface area contributed by atoms with Crippen LogP contribution in [0.2, 0.25) is 0 Å². The van der Waals surface area contributed by atoms with Gasteiger partial charge in [0.2, 0.25) is 0 Å². The molecule has 0 fully saturated rings. The lowest BCUT2D eigenvalue weighted by atomic mass is 9.91. The lowest BCUT2D eigenvalue weighted by Crippen LogP contribution is -2.33. The third kappa shape index (κ3) is 5.25. The van der Waals surface area contributed by atoms with E-state index in [2.05, 4.69) is 168 Å². The van der Waals surface area contributed by atoms with Gasteiger partial charge in [-0.25, -0.2) is 9.98 Å². The number of thiophene rings is 2. The Kier molecular flexibility index (Phi) is 7.43. The SMILES string of the molecule is C1=CC2c3ccccc3N(c3cccc4c3sc3cc(-c5ccc6c(c5)sc5c(C7N=C(c8ccccc8)N=C(c8ccccc8)N7)cccc56)ccc34)C2C=C1. The molecule has 7 aromatic carbocycles. The van der Waals surface area contributed by atoms with Crippen molar-refractivity contribution < 1.29 is 0 Å². The average molecular weight is 767 g/mol. The number of hydrogen-bond donors (Lipinski definition) is 1. The Morgan fingerprint density at radius 3 is 1.88 bits per heavy atom. The smallest absolute Gasteiger partial charge is 0.159 e. The Hall–Kier alpha value is -6.60. The van der Waals surface area contributed by atoms with E-state index in [0.717, 1.165) is 28.4 Å². The summed E-state index contributed by atoms with van der Waals surface area (Å²) in [7, 11) is 0. The lowest BCUT2D eigenvalue weighted by Gasteiger charge is -2.29. The summed E-state index contributed by atoms with van der Waals surface area (Å²) in [6, 6.07) is 57.2. The number of fused-ring (bicyclic) bond motifs is 9. The number of hydrogen-bond acceptors (Lipinski definition) is 6. The van der Waals surface area contributed by atoms with E-state index in [-0.39, 0.29) is 12.2 Å². The maximum Gasteiger partial charge on any atom is 0.159 e.